The molecule has 0 aliphatic carbocycles. The lowest BCUT2D eigenvalue weighted by Crippen LogP contribution is -2.19. The minimum absolute atomic E-state index is 0.126. The third-order valence-corrected chi connectivity index (χ3v) is 4.94. The number of carbonyl (C=O) groups is 1. The number of nitrogens with one attached hydrogen (secondary N) is 1. The molecule has 0 bridgehead atoms. The fourth-order valence-electron chi connectivity index (χ4n) is 1.98. The van der Waals surface area contributed by atoms with Crippen molar-refractivity contribution in [1.29, 1.82) is 0 Å². The first-order valence-electron chi connectivity index (χ1n) is 6.65. The zero-order chi connectivity index (χ0) is 17.3. The second-order valence-corrected chi connectivity index (χ2v) is 7.58. The van der Waals surface area contributed by atoms with Gasteiger partial charge in [0.25, 0.3) is 5.91 Å². The minimum Gasteiger partial charge on any atom is -0.506 e. The number of phenols is 1. The van der Waals surface area contributed by atoms with Gasteiger partial charge in [-0.3, -0.25) is 4.79 Å². The highest BCUT2D eigenvalue weighted by Gasteiger charge is 2.24. The van der Waals surface area contributed by atoms with E-state index in [1.54, 1.807) is 0 Å². The minimum atomic E-state index is -0.302. The average molecular weight is 444 g/mol. The first kappa shape index (κ1) is 17.4. The van der Waals surface area contributed by atoms with Gasteiger partial charge >= 0.3 is 0 Å². The monoisotopic (exact) mass is 442 g/mol. The van der Waals surface area contributed by atoms with E-state index in [1.165, 1.54) is 30.0 Å². The summed E-state index contributed by atoms with van der Waals surface area (Å²) in [6.07, 6.45) is 1.52. The molecule has 1 heterocycles. The summed E-state index contributed by atoms with van der Waals surface area (Å²) in [5.41, 5.74) is 1.08. The fourth-order valence-corrected chi connectivity index (χ4v) is 3.71. The molecule has 1 amide bonds. The number of aliphatic imine (C=N–C) groups is 1. The summed E-state index contributed by atoms with van der Waals surface area (Å²) >= 11 is 16.4. The molecule has 4 nitrogen and oxygen atoms in total. The van der Waals surface area contributed by atoms with E-state index >= 15 is 0 Å². The number of rotatable bonds is 2. The lowest BCUT2D eigenvalue weighted by Gasteiger charge is -2.03. The van der Waals surface area contributed by atoms with Gasteiger partial charge in [0.05, 0.1) is 15.6 Å². The van der Waals surface area contributed by atoms with Crippen LogP contribution in [0.1, 0.15) is 5.56 Å². The first-order chi connectivity index (χ1) is 11.4. The number of benzene rings is 2. The summed E-state index contributed by atoms with van der Waals surface area (Å²) in [4.78, 5) is 16.9. The SMILES string of the molecule is O=C1NC(=Nc2cccc(Br)c2)S/C1=C\c1cc(Cl)cc(Cl)c1O. The molecule has 0 saturated carbocycles. The quantitative estimate of drug-likeness (QED) is 0.614. The third-order valence-electron chi connectivity index (χ3n) is 3.03. The van der Waals surface area contributed by atoms with Crippen LogP contribution in [0.4, 0.5) is 5.69 Å². The summed E-state index contributed by atoms with van der Waals surface area (Å²) in [6, 6.07) is 10.4. The largest absolute Gasteiger partial charge is 0.506 e. The second-order valence-electron chi connectivity index (χ2n) is 4.79. The van der Waals surface area contributed by atoms with Crippen molar-refractivity contribution in [3.63, 3.8) is 0 Å². The van der Waals surface area contributed by atoms with Crippen molar-refractivity contribution in [3.8, 4) is 5.75 Å². The molecule has 1 fully saturated rings. The van der Waals surface area contributed by atoms with Crippen LogP contribution in [0, 0.1) is 0 Å². The van der Waals surface area contributed by atoms with Crippen molar-refractivity contribution in [2.75, 3.05) is 0 Å². The van der Waals surface area contributed by atoms with Gasteiger partial charge in [0.15, 0.2) is 5.17 Å². The van der Waals surface area contributed by atoms with E-state index in [9.17, 15) is 9.90 Å². The Bertz CT molecular complexity index is 900. The summed E-state index contributed by atoms with van der Waals surface area (Å²) in [5, 5.41) is 13.6. The normalized spacial score (nSPS) is 17.5. The Hall–Kier alpha value is -1.47. The van der Waals surface area contributed by atoms with Crippen LogP contribution in [0.5, 0.6) is 5.75 Å². The summed E-state index contributed by atoms with van der Waals surface area (Å²) in [7, 11) is 0. The number of amides is 1. The molecule has 122 valence electrons. The van der Waals surface area contributed by atoms with E-state index < -0.39 is 0 Å². The summed E-state index contributed by atoms with van der Waals surface area (Å²) < 4.78 is 0.896. The molecular formula is C16H9BrCl2N2O2S. The van der Waals surface area contributed by atoms with Gasteiger partial charge in [0.2, 0.25) is 0 Å². The van der Waals surface area contributed by atoms with Crippen LogP contribution in [-0.2, 0) is 4.79 Å². The van der Waals surface area contributed by atoms with Crippen molar-refractivity contribution >= 4 is 73.7 Å². The molecule has 0 spiro atoms. The predicted octanol–water partition coefficient (Wildman–Crippen LogP) is 5.35. The lowest BCUT2D eigenvalue weighted by atomic mass is 10.2. The van der Waals surface area contributed by atoms with Crippen LogP contribution in [0.15, 0.2) is 50.8 Å². The third kappa shape index (κ3) is 3.95. The van der Waals surface area contributed by atoms with E-state index in [2.05, 4.69) is 26.2 Å². The highest BCUT2D eigenvalue weighted by molar-refractivity contribution is 9.10. The second kappa shape index (κ2) is 7.19. The van der Waals surface area contributed by atoms with Crippen molar-refractivity contribution < 1.29 is 9.90 Å². The Morgan fingerprint density at radius 1 is 1.25 bits per heavy atom. The average Bonchev–Trinajstić information content (AvgIpc) is 2.84. The Kier molecular flexibility index (Phi) is 5.20. The number of carbonyl (C=O) groups excluding carboxylic acids is 1. The van der Waals surface area contributed by atoms with Crippen molar-refractivity contribution in [2.45, 2.75) is 0 Å². The van der Waals surface area contributed by atoms with E-state index in [4.69, 9.17) is 23.2 Å². The number of hydrogen-bond donors (Lipinski definition) is 2. The van der Waals surface area contributed by atoms with Gasteiger partial charge in [-0.15, -0.1) is 0 Å². The van der Waals surface area contributed by atoms with E-state index in [0.717, 1.165) is 4.47 Å². The number of amidine groups is 1. The zero-order valence-electron chi connectivity index (χ0n) is 11.9. The van der Waals surface area contributed by atoms with Gasteiger partial charge < -0.3 is 10.4 Å². The molecule has 24 heavy (non-hydrogen) atoms. The van der Waals surface area contributed by atoms with Crippen molar-refractivity contribution in [2.24, 2.45) is 4.99 Å². The van der Waals surface area contributed by atoms with Gasteiger partial charge in [0.1, 0.15) is 5.75 Å². The molecule has 2 aromatic carbocycles. The number of phenolic OH excluding ortho intramolecular Hbond substituents is 1. The Balaban J connectivity index is 1.90. The molecule has 0 atom stereocenters. The molecule has 3 rings (SSSR count). The number of hydrogen-bond acceptors (Lipinski definition) is 4. The number of halogens is 3. The van der Waals surface area contributed by atoms with Crippen molar-refractivity contribution in [1.82, 2.24) is 5.32 Å². The van der Waals surface area contributed by atoms with Gasteiger partial charge in [-0.05, 0) is 48.2 Å². The Labute approximate surface area is 160 Å². The summed E-state index contributed by atoms with van der Waals surface area (Å²) in [5.74, 6) is -0.427. The van der Waals surface area contributed by atoms with Gasteiger partial charge in [0, 0.05) is 15.1 Å². The number of thioether (sulfide) groups is 1. The lowest BCUT2D eigenvalue weighted by molar-refractivity contribution is -0.115. The highest BCUT2D eigenvalue weighted by Crippen LogP contribution is 2.35. The molecule has 0 aromatic heterocycles. The zero-order valence-corrected chi connectivity index (χ0v) is 15.8. The van der Waals surface area contributed by atoms with Gasteiger partial charge in [-0.25, -0.2) is 4.99 Å². The van der Waals surface area contributed by atoms with Crippen LogP contribution in [0.25, 0.3) is 6.08 Å². The molecule has 0 radical (unpaired) electrons. The van der Waals surface area contributed by atoms with Crippen LogP contribution in [0.3, 0.4) is 0 Å². The molecule has 0 unspecified atom stereocenters. The highest BCUT2D eigenvalue weighted by atomic mass is 79.9. The smallest absolute Gasteiger partial charge is 0.264 e. The van der Waals surface area contributed by atoms with Crippen LogP contribution in [0.2, 0.25) is 10.0 Å². The fraction of sp³-hybridized carbons (Fsp3) is 0. The molecule has 8 heteroatoms. The maximum atomic E-state index is 12.1. The number of aromatic hydroxyl groups is 1. The molecule has 1 saturated heterocycles. The maximum absolute atomic E-state index is 12.1. The predicted molar refractivity (Wildman–Crippen MR) is 103 cm³/mol. The van der Waals surface area contributed by atoms with Crippen LogP contribution < -0.4 is 5.32 Å². The molecule has 1 aliphatic heterocycles. The standard InChI is InChI=1S/C16H9BrCl2N2O2S/c17-9-2-1-3-11(6-9)20-16-21-15(23)13(24-16)5-8-4-10(18)7-12(19)14(8)22/h1-7,22H,(H,20,21,23)/b13-5-. The molecule has 2 aromatic rings. The first-order valence-corrected chi connectivity index (χ1v) is 9.02. The maximum Gasteiger partial charge on any atom is 0.264 e. The summed E-state index contributed by atoms with van der Waals surface area (Å²) in [6.45, 7) is 0. The van der Waals surface area contributed by atoms with Crippen LogP contribution in [-0.4, -0.2) is 16.2 Å². The molecule has 2 N–H and O–H groups in total. The topological polar surface area (TPSA) is 61.7 Å². The van der Waals surface area contributed by atoms with Gasteiger partial charge in [-0.1, -0.05) is 45.2 Å². The van der Waals surface area contributed by atoms with E-state index in [-0.39, 0.29) is 16.7 Å². The molecule has 1 aliphatic rings. The number of nitrogens with zero attached hydrogens (tertiary/aromatic N) is 1. The van der Waals surface area contributed by atoms with E-state index in [0.29, 0.717) is 26.3 Å². The van der Waals surface area contributed by atoms with Gasteiger partial charge in [-0.2, -0.15) is 0 Å². The van der Waals surface area contributed by atoms with E-state index in [1.807, 2.05) is 24.3 Å². The molecular weight excluding hydrogens is 435 g/mol. The van der Waals surface area contributed by atoms with Crippen molar-refractivity contribution in [3.05, 3.63) is 61.4 Å². The Morgan fingerprint density at radius 2 is 2.04 bits per heavy atom. The van der Waals surface area contributed by atoms with Crippen LogP contribution >= 0.6 is 50.9 Å². The Morgan fingerprint density at radius 3 is 2.79 bits per heavy atom.